The van der Waals surface area contributed by atoms with Gasteiger partial charge in [0.05, 0.1) is 12.1 Å². The minimum atomic E-state index is -0.371. The molecule has 3 aliphatic heterocycles. The van der Waals surface area contributed by atoms with Gasteiger partial charge in [-0.25, -0.2) is 4.79 Å². The third kappa shape index (κ3) is 1.07. The summed E-state index contributed by atoms with van der Waals surface area (Å²) in [5.41, 5.74) is 0.687. The Hall–Kier alpha value is -1.13. The summed E-state index contributed by atoms with van der Waals surface area (Å²) < 4.78 is 11.1. The van der Waals surface area contributed by atoms with Crippen LogP contribution >= 0.6 is 0 Å². The topological polar surface area (TPSA) is 38.8 Å². The molecule has 3 heterocycles. The molecule has 0 saturated carbocycles. The molecule has 4 nitrogen and oxygen atoms in total. The number of nitrogens with zero attached hydrogens (tertiary/aromatic N) is 1. The lowest BCUT2D eigenvalue weighted by Gasteiger charge is -2.31. The zero-order chi connectivity index (χ0) is 11.6. The Labute approximate surface area is 99.9 Å². The molecule has 1 unspecified atom stereocenters. The minimum Gasteiger partial charge on any atom is -0.449 e. The monoisotopic (exact) mass is 233 g/mol. The van der Waals surface area contributed by atoms with Crippen molar-refractivity contribution in [2.45, 2.75) is 36.6 Å². The maximum atomic E-state index is 11.5. The van der Waals surface area contributed by atoms with Gasteiger partial charge in [0.1, 0.15) is 0 Å². The number of rotatable bonds is 1. The van der Waals surface area contributed by atoms with Gasteiger partial charge in [0.25, 0.3) is 0 Å². The fourth-order valence-electron chi connectivity index (χ4n) is 3.90. The molecule has 0 aromatic rings. The van der Waals surface area contributed by atoms with Gasteiger partial charge in [0, 0.05) is 37.8 Å². The van der Waals surface area contributed by atoms with Crippen LogP contribution in [0.15, 0.2) is 23.8 Å². The number of fused-ring (bicyclic) bond motifs is 3. The Kier molecular flexibility index (Phi) is 1.74. The zero-order valence-corrected chi connectivity index (χ0v) is 9.76. The van der Waals surface area contributed by atoms with Gasteiger partial charge in [-0.2, -0.15) is 0 Å². The lowest BCUT2D eigenvalue weighted by Crippen LogP contribution is -2.43. The maximum Gasteiger partial charge on any atom is 0.332 e. The quantitative estimate of drug-likeness (QED) is 0.623. The number of hydrogen-bond donors (Lipinski definition) is 0. The van der Waals surface area contributed by atoms with Gasteiger partial charge in [-0.1, -0.05) is 12.2 Å². The Morgan fingerprint density at radius 3 is 3.29 bits per heavy atom. The van der Waals surface area contributed by atoms with Crippen LogP contribution in [-0.4, -0.2) is 48.3 Å². The van der Waals surface area contributed by atoms with Crippen LogP contribution in [0.4, 0.5) is 0 Å². The third-order valence-electron chi connectivity index (χ3n) is 4.65. The van der Waals surface area contributed by atoms with Crippen LogP contribution in [0.5, 0.6) is 0 Å². The van der Waals surface area contributed by atoms with Gasteiger partial charge >= 0.3 is 5.97 Å². The summed E-state index contributed by atoms with van der Waals surface area (Å²) in [6.45, 7) is 0.947. The molecular weight excluding hydrogens is 218 g/mol. The molecule has 2 fully saturated rings. The van der Waals surface area contributed by atoms with Gasteiger partial charge in [0.15, 0.2) is 5.60 Å². The average Bonchev–Trinajstić information content (AvgIpc) is 2.92. The first kappa shape index (κ1) is 9.85. The van der Waals surface area contributed by atoms with E-state index < -0.39 is 0 Å². The number of carbonyl (C=O) groups is 1. The van der Waals surface area contributed by atoms with E-state index in [0.717, 1.165) is 25.0 Å². The van der Waals surface area contributed by atoms with Crippen LogP contribution < -0.4 is 0 Å². The highest BCUT2D eigenvalue weighted by Gasteiger charge is 2.62. The van der Waals surface area contributed by atoms with E-state index >= 15 is 0 Å². The molecule has 0 radical (unpaired) electrons. The molecule has 4 aliphatic rings. The number of esters is 1. The molecule has 0 aromatic carbocycles. The Bertz CT molecular complexity index is 456. The predicted molar refractivity (Wildman–Crippen MR) is 60.4 cm³/mol. The molecular formula is C13H15NO3. The largest absolute Gasteiger partial charge is 0.449 e. The molecule has 0 N–H and O–H groups in total. The fourth-order valence-corrected chi connectivity index (χ4v) is 3.90. The Balaban J connectivity index is 1.78. The highest BCUT2D eigenvalue weighted by molar-refractivity contribution is 5.88. The molecule has 2 saturated heterocycles. The summed E-state index contributed by atoms with van der Waals surface area (Å²) in [6, 6.07) is 0.702. The first-order valence-electron chi connectivity index (χ1n) is 6.15. The summed E-state index contributed by atoms with van der Waals surface area (Å²) in [6.07, 6.45) is 8.06. The van der Waals surface area contributed by atoms with E-state index in [1.54, 1.807) is 13.2 Å². The van der Waals surface area contributed by atoms with Gasteiger partial charge in [0.2, 0.25) is 0 Å². The lowest BCUT2D eigenvalue weighted by molar-refractivity contribution is -0.147. The van der Waals surface area contributed by atoms with E-state index in [2.05, 4.69) is 17.1 Å². The highest BCUT2D eigenvalue weighted by atomic mass is 16.6. The second-order valence-corrected chi connectivity index (χ2v) is 5.35. The average molecular weight is 233 g/mol. The van der Waals surface area contributed by atoms with Crippen LogP contribution in [0.3, 0.4) is 0 Å². The van der Waals surface area contributed by atoms with Crippen molar-refractivity contribution >= 4 is 5.97 Å². The third-order valence-corrected chi connectivity index (χ3v) is 4.65. The van der Waals surface area contributed by atoms with E-state index in [-0.39, 0.29) is 17.7 Å². The maximum absolute atomic E-state index is 11.5. The van der Waals surface area contributed by atoms with E-state index in [0.29, 0.717) is 12.1 Å². The SMILES string of the molecule is COC1C[C@H]2N(C1)[C@@H]1C=CC3=CC(=O)O[C@@]32C1. The number of carbonyl (C=O) groups excluding carboxylic acids is 1. The van der Waals surface area contributed by atoms with Crippen LogP contribution in [0, 0.1) is 0 Å². The summed E-state index contributed by atoms with van der Waals surface area (Å²) in [5, 5.41) is 0. The molecule has 1 aliphatic carbocycles. The molecule has 17 heavy (non-hydrogen) atoms. The first-order valence-corrected chi connectivity index (χ1v) is 6.15. The number of ether oxygens (including phenoxy) is 2. The fraction of sp³-hybridized carbons (Fsp3) is 0.615. The molecule has 4 rings (SSSR count). The summed E-state index contributed by atoms with van der Waals surface area (Å²) in [5.74, 6) is -0.187. The zero-order valence-electron chi connectivity index (χ0n) is 9.76. The van der Waals surface area contributed by atoms with Crippen LogP contribution in [0.2, 0.25) is 0 Å². The Morgan fingerprint density at radius 2 is 2.47 bits per heavy atom. The predicted octanol–water partition coefficient (Wildman–Crippen LogP) is 0.640. The van der Waals surface area contributed by atoms with Gasteiger partial charge < -0.3 is 9.47 Å². The summed E-state index contributed by atoms with van der Waals surface area (Å²) >= 11 is 0. The smallest absolute Gasteiger partial charge is 0.332 e. The van der Waals surface area contributed by atoms with E-state index in [1.165, 1.54) is 0 Å². The van der Waals surface area contributed by atoms with E-state index in [1.807, 2.05) is 0 Å². The van der Waals surface area contributed by atoms with E-state index in [4.69, 9.17) is 9.47 Å². The van der Waals surface area contributed by atoms with Crippen molar-refractivity contribution in [2.75, 3.05) is 13.7 Å². The summed E-state index contributed by atoms with van der Waals surface area (Å²) in [4.78, 5) is 14.0. The second-order valence-electron chi connectivity index (χ2n) is 5.35. The number of methoxy groups -OCH3 is 1. The van der Waals surface area contributed by atoms with Crippen molar-refractivity contribution in [3.8, 4) is 0 Å². The summed E-state index contributed by atoms with van der Waals surface area (Å²) in [7, 11) is 1.76. The van der Waals surface area contributed by atoms with Crippen molar-refractivity contribution in [1.29, 1.82) is 0 Å². The van der Waals surface area contributed by atoms with E-state index in [9.17, 15) is 4.79 Å². The Morgan fingerprint density at radius 1 is 1.59 bits per heavy atom. The van der Waals surface area contributed by atoms with Crippen LogP contribution in [0.1, 0.15) is 12.8 Å². The lowest BCUT2D eigenvalue weighted by atomic mass is 9.81. The molecule has 90 valence electrons. The van der Waals surface area contributed by atoms with Crippen molar-refractivity contribution in [3.63, 3.8) is 0 Å². The van der Waals surface area contributed by atoms with Crippen molar-refractivity contribution in [2.24, 2.45) is 0 Å². The number of hydrogen-bond acceptors (Lipinski definition) is 4. The van der Waals surface area contributed by atoms with Gasteiger partial charge in [-0.05, 0) is 6.42 Å². The van der Waals surface area contributed by atoms with Gasteiger partial charge in [-0.15, -0.1) is 0 Å². The molecule has 1 spiro atoms. The molecule has 4 heteroatoms. The van der Waals surface area contributed by atoms with Crippen LogP contribution in [-0.2, 0) is 14.3 Å². The second kappa shape index (κ2) is 3.00. The van der Waals surface area contributed by atoms with Crippen molar-refractivity contribution < 1.29 is 14.3 Å². The van der Waals surface area contributed by atoms with Gasteiger partial charge in [-0.3, -0.25) is 4.90 Å². The normalized spacial score (nSPS) is 46.8. The minimum absolute atomic E-state index is 0.187. The molecule has 2 bridgehead atoms. The standard InChI is InChI=1S/C13H15NO3/c1-16-10-5-11-13-6-9(14(11)7-10)3-2-8(13)4-12(15)17-13/h2-4,9-11H,5-7H2,1H3/t9-,10?,11-,13+/m1/s1. The van der Waals surface area contributed by atoms with Crippen molar-refractivity contribution in [3.05, 3.63) is 23.8 Å². The molecule has 0 aromatic heterocycles. The molecule has 0 amide bonds. The van der Waals surface area contributed by atoms with Crippen molar-refractivity contribution in [1.82, 2.24) is 4.90 Å². The molecule has 4 atom stereocenters. The highest BCUT2D eigenvalue weighted by Crippen LogP contribution is 2.52. The van der Waals surface area contributed by atoms with Crippen LogP contribution in [0.25, 0.3) is 0 Å². The first-order chi connectivity index (χ1) is 8.23.